The van der Waals surface area contributed by atoms with Gasteiger partial charge in [0.15, 0.2) is 0 Å². The lowest BCUT2D eigenvalue weighted by Crippen LogP contribution is -2.49. The Morgan fingerprint density at radius 1 is 1.25 bits per heavy atom. The van der Waals surface area contributed by atoms with E-state index < -0.39 is 0 Å². The second-order valence-electron chi connectivity index (χ2n) is 6.14. The molecule has 2 heterocycles. The van der Waals surface area contributed by atoms with Gasteiger partial charge in [-0.25, -0.2) is 0 Å². The number of ether oxygens (including phenoxy) is 2. The van der Waals surface area contributed by atoms with Gasteiger partial charge in [0.25, 0.3) is 0 Å². The summed E-state index contributed by atoms with van der Waals surface area (Å²) in [7, 11) is 0. The van der Waals surface area contributed by atoms with Crippen molar-refractivity contribution in [2.75, 3.05) is 46.0 Å². The van der Waals surface area contributed by atoms with Gasteiger partial charge < -0.3 is 19.7 Å². The molecule has 2 aliphatic heterocycles. The number of hydrogen-bond donors (Lipinski definition) is 1. The molecule has 118 valence electrons. The van der Waals surface area contributed by atoms with Crippen molar-refractivity contribution in [1.82, 2.24) is 10.2 Å². The van der Waals surface area contributed by atoms with Crippen molar-refractivity contribution in [3.05, 3.63) is 0 Å². The van der Waals surface area contributed by atoms with Crippen LogP contribution in [0.1, 0.15) is 39.5 Å². The molecule has 0 aromatic carbocycles. The van der Waals surface area contributed by atoms with Crippen molar-refractivity contribution in [2.24, 2.45) is 5.92 Å². The van der Waals surface area contributed by atoms with Crippen LogP contribution in [0.25, 0.3) is 0 Å². The molecule has 1 N–H and O–H groups in total. The molecule has 20 heavy (non-hydrogen) atoms. The minimum Gasteiger partial charge on any atom is -0.381 e. The van der Waals surface area contributed by atoms with Crippen molar-refractivity contribution < 1.29 is 9.47 Å². The fraction of sp³-hybridized carbons (Fsp3) is 1.00. The van der Waals surface area contributed by atoms with Crippen LogP contribution in [0, 0.1) is 5.92 Å². The molecule has 0 aromatic heterocycles. The minimum atomic E-state index is 0.494. The van der Waals surface area contributed by atoms with Crippen LogP contribution >= 0.6 is 0 Å². The van der Waals surface area contributed by atoms with Gasteiger partial charge in [0.1, 0.15) is 0 Å². The molecule has 0 amide bonds. The SMILES string of the molecule is CCCNC(CN1CCC(OCC)CC1)C1CCOC1. The first-order valence-electron chi connectivity index (χ1n) is 8.48. The molecule has 0 aliphatic carbocycles. The molecule has 2 aliphatic rings. The third-order valence-corrected chi connectivity index (χ3v) is 4.58. The molecule has 4 nitrogen and oxygen atoms in total. The van der Waals surface area contributed by atoms with Crippen LogP contribution in [0.5, 0.6) is 0 Å². The van der Waals surface area contributed by atoms with Gasteiger partial charge in [-0.2, -0.15) is 0 Å². The first-order valence-corrected chi connectivity index (χ1v) is 8.48. The number of nitrogens with one attached hydrogen (secondary N) is 1. The van der Waals surface area contributed by atoms with E-state index in [9.17, 15) is 0 Å². The summed E-state index contributed by atoms with van der Waals surface area (Å²) in [4.78, 5) is 2.61. The minimum absolute atomic E-state index is 0.494. The third-order valence-electron chi connectivity index (χ3n) is 4.58. The van der Waals surface area contributed by atoms with E-state index in [2.05, 4.69) is 24.1 Å². The van der Waals surface area contributed by atoms with E-state index in [0.29, 0.717) is 18.1 Å². The van der Waals surface area contributed by atoms with Gasteiger partial charge in [-0.05, 0) is 39.2 Å². The highest BCUT2D eigenvalue weighted by Crippen LogP contribution is 2.20. The number of piperidine rings is 1. The lowest BCUT2D eigenvalue weighted by Gasteiger charge is -2.36. The van der Waals surface area contributed by atoms with E-state index in [1.54, 1.807) is 0 Å². The summed E-state index contributed by atoms with van der Waals surface area (Å²) in [6, 6.07) is 0.598. The molecular formula is C16H32N2O2. The van der Waals surface area contributed by atoms with Gasteiger partial charge in [-0.3, -0.25) is 0 Å². The highest BCUT2D eigenvalue weighted by atomic mass is 16.5. The standard InChI is InChI=1S/C16H32N2O2/c1-3-8-17-16(14-7-11-19-13-14)12-18-9-5-15(6-10-18)20-4-2/h14-17H,3-13H2,1-2H3. The quantitative estimate of drug-likeness (QED) is 0.738. The molecule has 2 atom stereocenters. The summed E-state index contributed by atoms with van der Waals surface area (Å²) < 4.78 is 11.3. The van der Waals surface area contributed by atoms with Crippen LogP contribution in [0.15, 0.2) is 0 Å². The molecular weight excluding hydrogens is 252 g/mol. The van der Waals surface area contributed by atoms with Crippen LogP contribution in [0.3, 0.4) is 0 Å². The number of hydrogen-bond acceptors (Lipinski definition) is 4. The Balaban J connectivity index is 1.75. The molecule has 4 heteroatoms. The van der Waals surface area contributed by atoms with Gasteiger partial charge in [0, 0.05) is 44.8 Å². The number of likely N-dealkylation sites (tertiary alicyclic amines) is 1. The second-order valence-corrected chi connectivity index (χ2v) is 6.14. The van der Waals surface area contributed by atoms with Gasteiger partial charge >= 0.3 is 0 Å². The Hall–Kier alpha value is -0.160. The van der Waals surface area contributed by atoms with Crippen LogP contribution in [0.4, 0.5) is 0 Å². The van der Waals surface area contributed by atoms with Gasteiger partial charge in [0.2, 0.25) is 0 Å². The molecule has 0 radical (unpaired) electrons. The second kappa shape index (κ2) is 8.98. The Labute approximate surface area is 124 Å². The smallest absolute Gasteiger partial charge is 0.0599 e. The van der Waals surface area contributed by atoms with Gasteiger partial charge in [-0.15, -0.1) is 0 Å². The molecule has 0 spiro atoms. The van der Waals surface area contributed by atoms with E-state index >= 15 is 0 Å². The lowest BCUT2D eigenvalue weighted by molar-refractivity contribution is 0.0107. The van der Waals surface area contributed by atoms with Crippen LogP contribution in [0.2, 0.25) is 0 Å². The fourth-order valence-corrected chi connectivity index (χ4v) is 3.35. The molecule has 2 unspecified atom stereocenters. The van der Waals surface area contributed by atoms with Crippen molar-refractivity contribution in [2.45, 2.75) is 51.7 Å². The van der Waals surface area contributed by atoms with Crippen molar-refractivity contribution >= 4 is 0 Å². The van der Waals surface area contributed by atoms with E-state index in [0.717, 1.165) is 26.4 Å². The monoisotopic (exact) mass is 284 g/mol. The predicted octanol–water partition coefficient (Wildman–Crippen LogP) is 1.89. The van der Waals surface area contributed by atoms with Crippen LogP contribution in [-0.4, -0.2) is 63.0 Å². The largest absolute Gasteiger partial charge is 0.381 e. The molecule has 2 saturated heterocycles. The third kappa shape index (κ3) is 4.99. The average molecular weight is 284 g/mol. The maximum atomic E-state index is 5.74. The highest BCUT2D eigenvalue weighted by molar-refractivity contribution is 4.84. The summed E-state index contributed by atoms with van der Waals surface area (Å²) in [5.41, 5.74) is 0. The molecule has 0 aromatic rings. The Morgan fingerprint density at radius 3 is 2.65 bits per heavy atom. The normalized spacial score (nSPS) is 27.0. The van der Waals surface area contributed by atoms with Crippen LogP contribution < -0.4 is 5.32 Å². The Bertz CT molecular complexity index is 249. The summed E-state index contributed by atoms with van der Waals surface area (Å²) in [5.74, 6) is 0.700. The zero-order valence-electron chi connectivity index (χ0n) is 13.3. The summed E-state index contributed by atoms with van der Waals surface area (Å²) in [6.07, 6.45) is 5.30. The van der Waals surface area contributed by atoms with Crippen molar-refractivity contribution in [3.8, 4) is 0 Å². The summed E-state index contributed by atoms with van der Waals surface area (Å²) >= 11 is 0. The predicted molar refractivity (Wildman–Crippen MR) is 82.1 cm³/mol. The zero-order chi connectivity index (χ0) is 14.2. The van der Waals surface area contributed by atoms with Gasteiger partial charge in [0.05, 0.1) is 12.7 Å². The molecule has 0 bridgehead atoms. The maximum Gasteiger partial charge on any atom is 0.0599 e. The zero-order valence-corrected chi connectivity index (χ0v) is 13.3. The van der Waals surface area contributed by atoms with Crippen molar-refractivity contribution in [3.63, 3.8) is 0 Å². The summed E-state index contributed by atoms with van der Waals surface area (Å²) in [5, 5.41) is 3.74. The first-order chi connectivity index (χ1) is 9.83. The Kier molecular flexibility index (Phi) is 7.28. The van der Waals surface area contributed by atoms with E-state index in [4.69, 9.17) is 9.47 Å². The Morgan fingerprint density at radius 2 is 2.05 bits per heavy atom. The number of nitrogens with zero attached hydrogens (tertiary/aromatic N) is 1. The van der Waals surface area contributed by atoms with E-state index in [1.165, 1.54) is 45.3 Å². The number of rotatable bonds is 8. The van der Waals surface area contributed by atoms with E-state index in [1.807, 2.05) is 0 Å². The molecule has 0 saturated carbocycles. The topological polar surface area (TPSA) is 33.7 Å². The first kappa shape index (κ1) is 16.2. The summed E-state index contributed by atoms with van der Waals surface area (Å²) in [6.45, 7) is 11.7. The van der Waals surface area contributed by atoms with E-state index in [-0.39, 0.29) is 0 Å². The highest BCUT2D eigenvalue weighted by Gasteiger charge is 2.28. The van der Waals surface area contributed by atoms with Gasteiger partial charge in [-0.1, -0.05) is 6.92 Å². The average Bonchev–Trinajstić information content (AvgIpc) is 3.00. The fourth-order valence-electron chi connectivity index (χ4n) is 3.35. The molecule has 2 rings (SSSR count). The maximum absolute atomic E-state index is 5.74. The van der Waals surface area contributed by atoms with Crippen molar-refractivity contribution in [1.29, 1.82) is 0 Å². The molecule has 2 fully saturated rings. The van der Waals surface area contributed by atoms with Crippen LogP contribution in [-0.2, 0) is 9.47 Å². The lowest BCUT2D eigenvalue weighted by atomic mass is 9.97.